The standard InChI is InChI=1S/C13H14N2O3/c1-8(2)18-13(16)10-7-9-5-3-4-6-11(9)15(17)12(10)14/h3-8,14,17H,1-2H3. The maximum Gasteiger partial charge on any atom is 0.342 e. The van der Waals surface area contributed by atoms with E-state index < -0.39 is 5.97 Å². The van der Waals surface area contributed by atoms with Gasteiger partial charge in [-0.3, -0.25) is 5.41 Å². The van der Waals surface area contributed by atoms with Crippen LogP contribution in [0.15, 0.2) is 30.3 Å². The van der Waals surface area contributed by atoms with Crippen LogP contribution in [0.25, 0.3) is 10.9 Å². The molecule has 0 aliphatic heterocycles. The van der Waals surface area contributed by atoms with Crippen molar-refractivity contribution in [2.24, 2.45) is 0 Å². The van der Waals surface area contributed by atoms with Crippen molar-refractivity contribution in [3.63, 3.8) is 0 Å². The van der Waals surface area contributed by atoms with Crippen LogP contribution in [0.5, 0.6) is 0 Å². The van der Waals surface area contributed by atoms with Crippen molar-refractivity contribution < 1.29 is 14.7 Å². The van der Waals surface area contributed by atoms with E-state index >= 15 is 0 Å². The molecule has 0 saturated heterocycles. The lowest BCUT2D eigenvalue weighted by atomic mass is 10.1. The minimum absolute atomic E-state index is 0.0462. The highest BCUT2D eigenvalue weighted by Crippen LogP contribution is 2.13. The molecule has 0 saturated carbocycles. The summed E-state index contributed by atoms with van der Waals surface area (Å²) in [5.41, 5.74) is 0.243. The number of carbonyl (C=O) groups excluding carboxylic acids is 1. The van der Waals surface area contributed by atoms with Crippen molar-refractivity contribution in [3.05, 3.63) is 41.4 Å². The third kappa shape index (κ3) is 2.07. The number of ether oxygens (including phenoxy) is 1. The fourth-order valence-corrected chi connectivity index (χ4v) is 1.69. The molecule has 2 rings (SSSR count). The Morgan fingerprint density at radius 2 is 2.06 bits per heavy atom. The van der Waals surface area contributed by atoms with Crippen LogP contribution >= 0.6 is 0 Å². The second-order valence-corrected chi connectivity index (χ2v) is 4.23. The molecular weight excluding hydrogens is 232 g/mol. The van der Waals surface area contributed by atoms with Crippen LogP contribution in [0.2, 0.25) is 0 Å². The molecule has 1 heterocycles. The first kappa shape index (κ1) is 12.2. The molecule has 0 aliphatic carbocycles. The monoisotopic (exact) mass is 246 g/mol. The predicted octanol–water partition coefficient (Wildman–Crippen LogP) is 1.92. The summed E-state index contributed by atoms with van der Waals surface area (Å²) in [5, 5.41) is 18.3. The number of rotatable bonds is 2. The van der Waals surface area contributed by atoms with Gasteiger partial charge in [0.2, 0.25) is 0 Å². The number of pyridine rings is 1. The van der Waals surface area contributed by atoms with Crippen LogP contribution in [0.4, 0.5) is 0 Å². The molecule has 1 aromatic heterocycles. The van der Waals surface area contributed by atoms with E-state index in [4.69, 9.17) is 10.1 Å². The summed E-state index contributed by atoms with van der Waals surface area (Å²) in [7, 11) is 0. The Hall–Kier alpha value is -2.30. The molecule has 0 bridgehead atoms. The van der Waals surface area contributed by atoms with Gasteiger partial charge in [-0.25, -0.2) is 4.79 Å². The van der Waals surface area contributed by atoms with E-state index in [0.29, 0.717) is 15.6 Å². The molecule has 0 aliphatic rings. The van der Waals surface area contributed by atoms with Gasteiger partial charge in [0.1, 0.15) is 5.56 Å². The van der Waals surface area contributed by atoms with Gasteiger partial charge in [0.05, 0.1) is 11.6 Å². The molecule has 0 spiro atoms. The quantitative estimate of drug-likeness (QED) is 0.628. The van der Waals surface area contributed by atoms with Gasteiger partial charge in [0.25, 0.3) is 0 Å². The van der Waals surface area contributed by atoms with E-state index in [1.165, 1.54) is 0 Å². The Labute approximate surface area is 104 Å². The normalized spacial score (nSPS) is 10.8. The zero-order valence-corrected chi connectivity index (χ0v) is 10.2. The second kappa shape index (κ2) is 4.52. The number of carbonyl (C=O) groups is 1. The van der Waals surface area contributed by atoms with E-state index in [0.717, 1.165) is 0 Å². The van der Waals surface area contributed by atoms with Crippen LogP contribution < -0.4 is 5.49 Å². The van der Waals surface area contributed by atoms with Gasteiger partial charge in [-0.2, -0.15) is 4.73 Å². The molecule has 18 heavy (non-hydrogen) atoms. The third-order valence-corrected chi connectivity index (χ3v) is 2.49. The smallest absolute Gasteiger partial charge is 0.342 e. The Morgan fingerprint density at radius 3 is 2.72 bits per heavy atom. The molecule has 1 aromatic carbocycles. The van der Waals surface area contributed by atoms with Crippen LogP contribution in [0.3, 0.4) is 0 Å². The first-order chi connectivity index (χ1) is 8.50. The van der Waals surface area contributed by atoms with Crippen molar-refractivity contribution in [1.29, 1.82) is 5.41 Å². The van der Waals surface area contributed by atoms with Crippen LogP contribution in [-0.2, 0) is 4.74 Å². The van der Waals surface area contributed by atoms with E-state index in [1.807, 2.05) is 0 Å². The van der Waals surface area contributed by atoms with Crippen LogP contribution in [0.1, 0.15) is 24.2 Å². The van der Waals surface area contributed by atoms with Gasteiger partial charge >= 0.3 is 5.97 Å². The average molecular weight is 246 g/mol. The Kier molecular flexibility index (Phi) is 3.06. The molecule has 0 atom stereocenters. The van der Waals surface area contributed by atoms with E-state index in [2.05, 4.69) is 0 Å². The maximum atomic E-state index is 11.8. The van der Waals surface area contributed by atoms with Gasteiger partial charge in [-0.15, -0.1) is 0 Å². The zero-order chi connectivity index (χ0) is 13.3. The molecule has 2 N–H and O–H groups in total. The fourth-order valence-electron chi connectivity index (χ4n) is 1.69. The molecule has 94 valence electrons. The predicted molar refractivity (Wildman–Crippen MR) is 65.5 cm³/mol. The number of aromatic nitrogens is 1. The summed E-state index contributed by atoms with van der Waals surface area (Å²) in [5.74, 6) is -0.608. The van der Waals surface area contributed by atoms with E-state index in [1.54, 1.807) is 44.2 Å². The topological polar surface area (TPSA) is 75.3 Å². The van der Waals surface area contributed by atoms with Crippen LogP contribution in [-0.4, -0.2) is 22.0 Å². The van der Waals surface area contributed by atoms with Gasteiger partial charge in [-0.05, 0) is 26.0 Å². The lowest BCUT2D eigenvalue weighted by Gasteiger charge is -2.10. The molecule has 5 heteroatoms. The SMILES string of the molecule is CC(C)OC(=O)c1cc2ccccc2n(O)c1=N. The number of nitrogens with zero attached hydrogens (tertiary/aromatic N) is 1. The number of benzene rings is 1. The van der Waals surface area contributed by atoms with Gasteiger partial charge < -0.3 is 9.94 Å². The molecule has 0 unspecified atom stereocenters. The fraction of sp³-hybridized carbons (Fsp3) is 0.231. The summed E-state index contributed by atoms with van der Waals surface area (Å²) in [6.45, 7) is 3.46. The van der Waals surface area contributed by atoms with Crippen LogP contribution in [0, 0.1) is 5.41 Å². The maximum absolute atomic E-state index is 11.8. The van der Waals surface area contributed by atoms with Crippen molar-refractivity contribution in [2.45, 2.75) is 20.0 Å². The van der Waals surface area contributed by atoms with Crippen molar-refractivity contribution in [3.8, 4) is 0 Å². The van der Waals surface area contributed by atoms with Crippen molar-refractivity contribution >= 4 is 16.9 Å². The summed E-state index contributed by atoms with van der Waals surface area (Å²) in [6, 6.07) is 8.53. The molecule has 2 aromatic rings. The molecule has 0 fully saturated rings. The minimum atomic E-state index is -0.608. The minimum Gasteiger partial charge on any atom is -0.459 e. The highest BCUT2D eigenvalue weighted by atomic mass is 16.5. The summed E-state index contributed by atoms with van der Waals surface area (Å²) >= 11 is 0. The average Bonchev–Trinajstić information content (AvgIpc) is 2.33. The van der Waals surface area contributed by atoms with E-state index in [9.17, 15) is 10.0 Å². The molecule has 0 radical (unpaired) electrons. The number of nitrogens with one attached hydrogen (secondary N) is 1. The van der Waals surface area contributed by atoms with E-state index in [-0.39, 0.29) is 17.2 Å². The third-order valence-electron chi connectivity index (χ3n) is 2.49. The highest BCUT2D eigenvalue weighted by molar-refractivity contribution is 5.93. The Morgan fingerprint density at radius 1 is 1.39 bits per heavy atom. The number of hydrogen-bond donors (Lipinski definition) is 2. The van der Waals surface area contributed by atoms with Gasteiger partial charge in [-0.1, -0.05) is 18.2 Å². The Balaban J connectivity index is 2.62. The summed E-state index contributed by atoms with van der Waals surface area (Å²) in [4.78, 5) is 11.8. The summed E-state index contributed by atoms with van der Waals surface area (Å²) < 4.78 is 5.72. The lowest BCUT2D eigenvalue weighted by Crippen LogP contribution is -2.27. The lowest BCUT2D eigenvalue weighted by molar-refractivity contribution is 0.0370. The number of hydrogen-bond acceptors (Lipinski definition) is 4. The Bertz CT molecular complexity index is 659. The zero-order valence-electron chi connectivity index (χ0n) is 10.2. The second-order valence-electron chi connectivity index (χ2n) is 4.23. The number of para-hydroxylation sites is 1. The first-order valence-electron chi connectivity index (χ1n) is 5.60. The number of esters is 1. The summed E-state index contributed by atoms with van der Waals surface area (Å²) in [6.07, 6.45) is -0.268. The molecule has 0 amide bonds. The van der Waals surface area contributed by atoms with Gasteiger partial charge in [0, 0.05) is 5.39 Å². The van der Waals surface area contributed by atoms with Crippen molar-refractivity contribution in [1.82, 2.24) is 4.73 Å². The van der Waals surface area contributed by atoms with Crippen molar-refractivity contribution in [2.75, 3.05) is 0 Å². The molecular formula is C13H14N2O3. The van der Waals surface area contributed by atoms with Gasteiger partial charge in [0.15, 0.2) is 5.49 Å². The largest absolute Gasteiger partial charge is 0.459 e. The molecule has 5 nitrogen and oxygen atoms in total. The highest BCUT2D eigenvalue weighted by Gasteiger charge is 2.15. The number of fused-ring (bicyclic) bond motifs is 1. The first-order valence-corrected chi connectivity index (χ1v) is 5.60.